The highest BCUT2D eigenvalue weighted by Gasteiger charge is 2.12. The predicted octanol–water partition coefficient (Wildman–Crippen LogP) is 4.21. The Labute approximate surface area is 129 Å². The van der Waals surface area contributed by atoms with E-state index in [9.17, 15) is 4.79 Å². The second-order valence-corrected chi connectivity index (χ2v) is 5.07. The minimum atomic E-state index is -0.177. The van der Waals surface area contributed by atoms with Crippen molar-refractivity contribution in [2.45, 2.75) is 13.3 Å². The smallest absolute Gasteiger partial charge is 0.272 e. The van der Waals surface area contributed by atoms with Crippen LogP contribution in [0.4, 0.5) is 5.69 Å². The number of benzene rings is 2. The minimum Gasteiger partial charge on any atom is -0.491 e. The molecule has 0 saturated heterocycles. The summed E-state index contributed by atoms with van der Waals surface area (Å²) in [5.74, 6) is 0.512. The lowest BCUT2D eigenvalue weighted by Gasteiger charge is -2.11. The van der Waals surface area contributed by atoms with Crippen LogP contribution >= 0.6 is 0 Å². The van der Waals surface area contributed by atoms with E-state index in [0.717, 1.165) is 17.3 Å². The van der Waals surface area contributed by atoms with Crippen LogP contribution in [0.1, 0.15) is 23.8 Å². The van der Waals surface area contributed by atoms with Gasteiger partial charge in [0.05, 0.1) is 12.3 Å². The van der Waals surface area contributed by atoms with Crippen molar-refractivity contribution in [1.82, 2.24) is 4.98 Å². The maximum Gasteiger partial charge on any atom is 0.272 e. The molecule has 4 heteroatoms. The van der Waals surface area contributed by atoms with Gasteiger partial charge in [-0.05, 0) is 30.7 Å². The summed E-state index contributed by atoms with van der Waals surface area (Å²) < 4.78 is 5.66. The van der Waals surface area contributed by atoms with Crippen LogP contribution in [0.15, 0.2) is 54.6 Å². The molecule has 0 radical (unpaired) electrons. The van der Waals surface area contributed by atoms with E-state index >= 15 is 0 Å². The van der Waals surface area contributed by atoms with Gasteiger partial charge in [-0.2, -0.15) is 0 Å². The first kappa shape index (κ1) is 14.2. The topological polar surface area (TPSA) is 54.1 Å². The highest BCUT2D eigenvalue weighted by Crippen LogP contribution is 2.25. The van der Waals surface area contributed by atoms with E-state index < -0.39 is 0 Å². The van der Waals surface area contributed by atoms with Crippen molar-refractivity contribution in [2.24, 2.45) is 0 Å². The highest BCUT2D eigenvalue weighted by molar-refractivity contribution is 6.06. The van der Waals surface area contributed by atoms with E-state index in [-0.39, 0.29) is 5.91 Å². The number of hydrogen-bond acceptors (Lipinski definition) is 2. The number of amides is 1. The van der Waals surface area contributed by atoms with Crippen LogP contribution in [0.5, 0.6) is 5.75 Å². The number of carbonyl (C=O) groups is 1. The third-order valence-corrected chi connectivity index (χ3v) is 3.37. The molecular weight excluding hydrogens is 276 g/mol. The number of fused-ring (bicyclic) bond motifs is 1. The third kappa shape index (κ3) is 2.96. The molecule has 0 fully saturated rings. The van der Waals surface area contributed by atoms with E-state index in [1.807, 2.05) is 61.5 Å². The fraction of sp³-hybridized carbons (Fsp3) is 0.167. The number of anilines is 1. The average Bonchev–Trinajstić information content (AvgIpc) is 2.98. The Hall–Kier alpha value is -2.75. The van der Waals surface area contributed by atoms with Gasteiger partial charge >= 0.3 is 0 Å². The highest BCUT2D eigenvalue weighted by atomic mass is 16.5. The summed E-state index contributed by atoms with van der Waals surface area (Å²) in [6.45, 7) is 2.67. The quantitative estimate of drug-likeness (QED) is 0.740. The summed E-state index contributed by atoms with van der Waals surface area (Å²) in [6.07, 6.45) is 0.921. The summed E-state index contributed by atoms with van der Waals surface area (Å²) in [6, 6.07) is 17.1. The molecule has 1 aromatic heterocycles. The first-order valence-electron chi connectivity index (χ1n) is 7.39. The van der Waals surface area contributed by atoms with Gasteiger partial charge in [-0.3, -0.25) is 4.79 Å². The van der Waals surface area contributed by atoms with Crippen LogP contribution in [-0.4, -0.2) is 17.5 Å². The Bertz CT molecular complexity index is 759. The Balaban J connectivity index is 1.82. The van der Waals surface area contributed by atoms with Crippen molar-refractivity contribution < 1.29 is 9.53 Å². The van der Waals surface area contributed by atoms with Crippen molar-refractivity contribution in [3.05, 3.63) is 60.3 Å². The van der Waals surface area contributed by atoms with Crippen LogP contribution in [-0.2, 0) is 0 Å². The summed E-state index contributed by atoms with van der Waals surface area (Å²) in [5.41, 5.74) is 2.16. The fourth-order valence-electron chi connectivity index (χ4n) is 2.29. The van der Waals surface area contributed by atoms with Crippen molar-refractivity contribution in [2.75, 3.05) is 11.9 Å². The first-order chi connectivity index (χ1) is 10.8. The number of rotatable bonds is 5. The van der Waals surface area contributed by atoms with Crippen LogP contribution < -0.4 is 10.1 Å². The van der Waals surface area contributed by atoms with Crippen molar-refractivity contribution in [1.29, 1.82) is 0 Å². The van der Waals surface area contributed by atoms with E-state index in [0.29, 0.717) is 23.7 Å². The molecule has 0 saturated carbocycles. The van der Waals surface area contributed by atoms with Crippen LogP contribution in [0.2, 0.25) is 0 Å². The lowest BCUT2D eigenvalue weighted by molar-refractivity contribution is 0.102. The van der Waals surface area contributed by atoms with Crippen LogP contribution in [0, 0.1) is 0 Å². The molecule has 0 aliphatic heterocycles. The third-order valence-electron chi connectivity index (χ3n) is 3.37. The second-order valence-electron chi connectivity index (χ2n) is 5.07. The van der Waals surface area contributed by atoms with E-state index in [2.05, 4.69) is 10.3 Å². The molecule has 0 atom stereocenters. The molecule has 4 nitrogen and oxygen atoms in total. The minimum absolute atomic E-state index is 0.177. The number of para-hydroxylation sites is 3. The molecule has 3 rings (SSSR count). The number of nitrogens with one attached hydrogen (secondary N) is 2. The van der Waals surface area contributed by atoms with Gasteiger partial charge < -0.3 is 15.0 Å². The van der Waals surface area contributed by atoms with Gasteiger partial charge in [0.2, 0.25) is 0 Å². The largest absolute Gasteiger partial charge is 0.491 e. The fourth-order valence-corrected chi connectivity index (χ4v) is 2.29. The van der Waals surface area contributed by atoms with Gasteiger partial charge in [-0.25, -0.2) is 0 Å². The molecule has 1 amide bonds. The normalized spacial score (nSPS) is 10.6. The predicted molar refractivity (Wildman–Crippen MR) is 88.5 cm³/mol. The summed E-state index contributed by atoms with van der Waals surface area (Å²) in [4.78, 5) is 15.5. The number of aromatic amines is 1. The number of H-pyrrole nitrogens is 1. The van der Waals surface area contributed by atoms with Gasteiger partial charge in [-0.15, -0.1) is 0 Å². The van der Waals surface area contributed by atoms with Crippen molar-refractivity contribution in [3.8, 4) is 5.75 Å². The Morgan fingerprint density at radius 2 is 1.91 bits per heavy atom. The van der Waals surface area contributed by atoms with Crippen LogP contribution in [0.25, 0.3) is 10.9 Å². The standard InChI is InChI=1S/C18H18N2O2/c1-2-11-22-17-10-6-5-9-15(17)20-18(21)16-12-13-7-3-4-8-14(13)19-16/h3-10,12,19H,2,11H2,1H3,(H,20,21). The molecule has 0 spiro atoms. The van der Waals surface area contributed by atoms with E-state index in [1.165, 1.54) is 0 Å². The monoisotopic (exact) mass is 294 g/mol. The molecule has 0 aliphatic rings. The molecule has 0 unspecified atom stereocenters. The van der Waals surface area contributed by atoms with Gasteiger partial charge in [-0.1, -0.05) is 37.3 Å². The summed E-state index contributed by atoms with van der Waals surface area (Å²) >= 11 is 0. The van der Waals surface area contributed by atoms with Gasteiger partial charge in [0, 0.05) is 10.9 Å². The Morgan fingerprint density at radius 3 is 2.73 bits per heavy atom. The molecular formula is C18H18N2O2. The SMILES string of the molecule is CCCOc1ccccc1NC(=O)c1cc2ccccc2[nH]1. The number of aromatic nitrogens is 1. The van der Waals surface area contributed by atoms with Gasteiger partial charge in [0.25, 0.3) is 5.91 Å². The molecule has 112 valence electrons. The van der Waals surface area contributed by atoms with Crippen molar-refractivity contribution in [3.63, 3.8) is 0 Å². The van der Waals surface area contributed by atoms with Gasteiger partial charge in [0.1, 0.15) is 11.4 Å². The zero-order valence-electron chi connectivity index (χ0n) is 12.4. The molecule has 2 N–H and O–H groups in total. The molecule has 2 aromatic carbocycles. The average molecular weight is 294 g/mol. The maximum absolute atomic E-state index is 12.4. The molecule has 22 heavy (non-hydrogen) atoms. The molecule has 0 aliphatic carbocycles. The lowest BCUT2D eigenvalue weighted by atomic mass is 10.2. The first-order valence-corrected chi connectivity index (χ1v) is 7.39. The maximum atomic E-state index is 12.4. The Morgan fingerprint density at radius 1 is 1.14 bits per heavy atom. The number of ether oxygens (including phenoxy) is 1. The summed E-state index contributed by atoms with van der Waals surface area (Å²) in [5, 5.41) is 3.92. The van der Waals surface area contributed by atoms with E-state index in [4.69, 9.17) is 4.74 Å². The molecule has 1 heterocycles. The molecule has 3 aromatic rings. The zero-order valence-corrected chi connectivity index (χ0v) is 12.4. The Kier molecular flexibility index (Phi) is 4.10. The number of hydrogen-bond donors (Lipinski definition) is 2. The zero-order chi connectivity index (χ0) is 15.4. The van der Waals surface area contributed by atoms with E-state index in [1.54, 1.807) is 0 Å². The van der Waals surface area contributed by atoms with Gasteiger partial charge in [0.15, 0.2) is 0 Å². The summed E-state index contributed by atoms with van der Waals surface area (Å²) in [7, 11) is 0. The van der Waals surface area contributed by atoms with Crippen LogP contribution in [0.3, 0.4) is 0 Å². The molecule has 0 bridgehead atoms. The second kappa shape index (κ2) is 6.35. The number of carbonyl (C=O) groups excluding carboxylic acids is 1. The lowest BCUT2D eigenvalue weighted by Crippen LogP contribution is -2.13. The van der Waals surface area contributed by atoms with Crippen molar-refractivity contribution >= 4 is 22.5 Å².